The Labute approximate surface area is 101 Å². The number of hydrogen-bond acceptors (Lipinski definition) is 5. The highest BCUT2D eigenvalue weighted by Crippen LogP contribution is 2.15. The van der Waals surface area contributed by atoms with Crippen LogP contribution in [0.1, 0.15) is 0 Å². The predicted molar refractivity (Wildman–Crippen MR) is 64.9 cm³/mol. The Kier molecular flexibility index (Phi) is 6.07. The van der Waals surface area contributed by atoms with Crippen LogP contribution in [-0.2, 0) is 4.74 Å². The van der Waals surface area contributed by atoms with Crippen molar-refractivity contribution < 1.29 is 4.74 Å². The normalized spacial score (nSPS) is 10.8. The molecule has 1 aromatic heterocycles. The number of likely N-dealkylation sites (N-methyl/N-ethyl adjacent to an activating group) is 1. The second-order valence-corrected chi connectivity index (χ2v) is 3.85. The lowest BCUT2D eigenvalue weighted by molar-refractivity contribution is 0.163. The molecule has 0 radical (unpaired) electrons. The molecule has 0 unspecified atom stereocenters. The first-order valence-corrected chi connectivity index (χ1v) is 5.48. The third kappa shape index (κ3) is 4.74. The van der Waals surface area contributed by atoms with Crippen molar-refractivity contribution in [2.75, 3.05) is 45.7 Å². The van der Waals surface area contributed by atoms with Gasteiger partial charge < -0.3 is 15.0 Å². The van der Waals surface area contributed by atoms with Gasteiger partial charge in [0, 0.05) is 26.7 Å². The second kappa shape index (κ2) is 7.38. The predicted octanol–water partition coefficient (Wildman–Crippen LogP) is 1.12. The number of rotatable bonds is 7. The highest BCUT2D eigenvalue weighted by molar-refractivity contribution is 6.32. The first-order valence-electron chi connectivity index (χ1n) is 5.11. The fraction of sp³-hybridized carbons (Fsp3) is 0.600. The molecule has 0 spiro atoms. The van der Waals surface area contributed by atoms with Crippen molar-refractivity contribution in [3.8, 4) is 0 Å². The zero-order chi connectivity index (χ0) is 11.8. The molecule has 1 heterocycles. The van der Waals surface area contributed by atoms with Crippen molar-refractivity contribution in [2.45, 2.75) is 0 Å². The maximum Gasteiger partial charge on any atom is 0.148 e. The molecule has 0 aromatic carbocycles. The van der Waals surface area contributed by atoms with Gasteiger partial charge in [0.2, 0.25) is 0 Å². The lowest BCUT2D eigenvalue weighted by Gasteiger charge is -2.16. The molecule has 0 amide bonds. The monoisotopic (exact) mass is 244 g/mol. The first-order chi connectivity index (χ1) is 7.74. The van der Waals surface area contributed by atoms with Crippen LogP contribution >= 0.6 is 11.6 Å². The maximum absolute atomic E-state index is 5.90. The van der Waals surface area contributed by atoms with Gasteiger partial charge >= 0.3 is 0 Å². The number of nitrogens with zero attached hydrogens (tertiary/aromatic N) is 3. The standard InChI is InChI=1S/C10H17ClN4O/c1-15(5-6-16-2)4-3-13-10-9(11)7-12-8-14-10/h7-8H,3-6H2,1-2H3,(H,12,13,14). The van der Waals surface area contributed by atoms with Gasteiger partial charge in [0.05, 0.1) is 12.8 Å². The Hall–Kier alpha value is -0.910. The summed E-state index contributed by atoms with van der Waals surface area (Å²) in [4.78, 5) is 10.0. The van der Waals surface area contributed by atoms with Gasteiger partial charge in [0.25, 0.3) is 0 Å². The third-order valence-electron chi connectivity index (χ3n) is 2.13. The Morgan fingerprint density at radius 3 is 3.00 bits per heavy atom. The highest BCUT2D eigenvalue weighted by atomic mass is 35.5. The molecule has 0 saturated heterocycles. The van der Waals surface area contributed by atoms with E-state index in [-0.39, 0.29) is 0 Å². The van der Waals surface area contributed by atoms with E-state index in [1.54, 1.807) is 13.3 Å². The first kappa shape index (κ1) is 13.2. The van der Waals surface area contributed by atoms with Crippen molar-refractivity contribution in [3.63, 3.8) is 0 Å². The number of anilines is 1. The summed E-state index contributed by atoms with van der Waals surface area (Å²) in [5.41, 5.74) is 0. The van der Waals surface area contributed by atoms with Crippen LogP contribution in [0.5, 0.6) is 0 Å². The molecule has 0 aliphatic heterocycles. The van der Waals surface area contributed by atoms with E-state index in [4.69, 9.17) is 16.3 Å². The summed E-state index contributed by atoms with van der Waals surface area (Å²) in [6, 6.07) is 0. The average Bonchev–Trinajstić information content (AvgIpc) is 2.29. The lowest BCUT2D eigenvalue weighted by atomic mass is 10.5. The molecule has 90 valence electrons. The third-order valence-corrected chi connectivity index (χ3v) is 2.41. The summed E-state index contributed by atoms with van der Waals surface area (Å²) in [5.74, 6) is 0.678. The molecule has 0 aliphatic rings. The van der Waals surface area contributed by atoms with Crippen LogP contribution in [0.2, 0.25) is 5.02 Å². The van der Waals surface area contributed by atoms with Gasteiger partial charge in [-0.25, -0.2) is 9.97 Å². The van der Waals surface area contributed by atoms with Gasteiger partial charge in [0.15, 0.2) is 0 Å². The number of methoxy groups -OCH3 is 1. The van der Waals surface area contributed by atoms with Crippen molar-refractivity contribution in [1.29, 1.82) is 0 Å². The Bertz CT molecular complexity index is 311. The van der Waals surface area contributed by atoms with E-state index < -0.39 is 0 Å². The second-order valence-electron chi connectivity index (χ2n) is 3.44. The Balaban J connectivity index is 2.23. The maximum atomic E-state index is 5.90. The molecule has 0 saturated carbocycles. The number of halogens is 1. The van der Waals surface area contributed by atoms with Crippen LogP contribution in [0, 0.1) is 0 Å². The van der Waals surface area contributed by atoms with E-state index in [0.29, 0.717) is 10.8 Å². The smallest absolute Gasteiger partial charge is 0.148 e. The van der Waals surface area contributed by atoms with E-state index in [9.17, 15) is 0 Å². The van der Waals surface area contributed by atoms with Gasteiger partial charge in [0.1, 0.15) is 17.2 Å². The van der Waals surface area contributed by atoms with E-state index >= 15 is 0 Å². The molecule has 0 aliphatic carbocycles. The van der Waals surface area contributed by atoms with Crippen molar-refractivity contribution in [1.82, 2.24) is 14.9 Å². The van der Waals surface area contributed by atoms with E-state index in [2.05, 4.69) is 20.2 Å². The van der Waals surface area contributed by atoms with Gasteiger partial charge in [-0.1, -0.05) is 11.6 Å². The number of ether oxygens (including phenoxy) is 1. The summed E-state index contributed by atoms with van der Waals surface area (Å²) in [5, 5.41) is 3.70. The summed E-state index contributed by atoms with van der Waals surface area (Å²) >= 11 is 5.90. The molecule has 16 heavy (non-hydrogen) atoms. The van der Waals surface area contributed by atoms with Crippen LogP contribution < -0.4 is 5.32 Å². The van der Waals surface area contributed by atoms with Gasteiger partial charge in [-0.3, -0.25) is 0 Å². The SMILES string of the molecule is COCCN(C)CCNc1ncncc1Cl. The summed E-state index contributed by atoms with van der Waals surface area (Å²) in [7, 11) is 3.75. The average molecular weight is 245 g/mol. The summed E-state index contributed by atoms with van der Waals surface area (Å²) in [6.45, 7) is 3.35. The van der Waals surface area contributed by atoms with Gasteiger partial charge in [-0.05, 0) is 7.05 Å². The Morgan fingerprint density at radius 1 is 1.50 bits per heavy atom. The minimum absolute atomic E-state index is 0.544. The zero-order valence-corrected chi connectivity index (χ0v) is 10.4. The fourth-order valence-electron chi connectivity index (χ4n) is 1.17. The molecule has 5 nitrogen and oxygen atoms in total. The minimum Gasteiger partial charge on any atom is -0.383 e. The quantitative estimate of drug-likeness (QED) is 0.779. The molecule has 0 fully saturated rings. The molecular formula is C10H17ClN4O. The van der Waals surface area contributed by atoms with Crippen LogP contribution in [0.25, 0.3) is 0 Å². The van der Waals surface area contributed by atoms with Crippen LogP contribution in [0.15, 0.2) is 12.5 Å². The molecule has 0 atom stereocenters. The Morgan fingerprint density at radius 2 is 2.31 bits per heavy atom. The molecule has 1 aromatic rings. The van der Waals surface area contributed by atoms with E-state index in [1.807, 2.05) is 7.05 Å². The van der Waals surface area contributed by atoms with Crippen LogP contribution in [0.4, 0.5) is 5.82 Å². The van der Waals surface area contributed by atoms with E-state index in [0.717, 1.165) is 26.2 Å². The highest BCUT2D eigenvalue weighted by Gasteiger charge is 2.01. The molecule has 1 rings (SSSR count). The fourth-order valence-corrected chi connectivity index (χ4v) is 1.34. The molecule has 1 N–H and O–H groups in total. The van der Waals surface area contributed by atoms with Crippen molar-refractivity contribution in [2.24, 2.45) is 0 Å². The molecular weight excluding hydrogens is 228 g/mol. The van der Waals surface area contributed by atoms with Gasteiger partial charge in [-0.15, -0.1) is 0 Å². The van der Waals surface area contributed by atoms with Crippen LogP contribution in [0.3, 0.4) is 0 Å². The topological polar surface area (TPSA) is 50.3 Å². The summed E-state index contributed by atoms with van der Waals surface area (Å²) < 4.78 is 4.99. The minimum atomic E-state index is 0.544. The summed E-state index contributed by atoms with van der Waals surface area (Å²) in [6.07, 6.45) is 3.05. The lowest BCUT2D eigenvalue weighted by Crippen LogP contribution is -2.28. The molecule has 6 heteroatoms. The number of hydrogen-bond donors (Lipinski definition) is 1. The molecule has 0 bridgehead atoms. The number of nitrogens with one attached hydrogen (secondary N) is 1. The van der Waals surface area contributed by atoms with Crippen molar-refractivity contribution >= 4 is 17.4 Å². The van der Waals surface area contributed by atoms with Crippen LogP contribution in [-0.4, -0.2) is 55.3 Å². The zero-order valence-electron chi connectivity index (χ0n) is 9.61. The van der Waals surface area contributed by atoms with Gasteiger partial charge in [-0.2, -0.15) is 0 Å². The van der Waals surface area contributed by atoms with Crippen molar-refractivity contribution in [3.05, 3.63) is 17.5 Å². The number of aromatic nitrogens is 2. The van der Waals surface area contributed by atoms with E-state index in [1.165, 1.54) is 6.33 Å². The largest absolute Gasteiger partial charge is 0.383 e.